The van der Waals surface area contributed by atoms with Gasteiger partial charge in [0.2, 0.25) is 0 Å². The highest BCUT2D eigenvalue weighted by Crippen LogP contribution is 1.61. The molecule has 56 valence electrons. The molecule has 0 fully saturated rings. The van der Waals surface area contributed by atoms with Crippen molar-refractivity contribution in [1.82, 2.24) is 0 Å². The fourth-order valence-electron chi connectivity index (χ4n) is 0.722. The van der Waals surface area contributed by atoms with Crippen molar-refractivity contribution in [3.05, 3.63) is 0 Å². The fourth-order valence-corrected chi connectivity index (χ4v) is 0.722. The average Bonchev–Trinajstić information content (AvgIpc) is 1.89. The Hall–Kier alpha value is -0.120. The van der Waals surface area contributed by atoms with Crippen LogP contribution in [0.5, 0.6) is 0 Å². The van der Waals surface area contributed by atoms with Gasteiger partial charge in [-0.3, -0.25) is 0 Å². The monoisotopic (exact) mass is 134 g/mol. The summed E-state index contributed by atoms with van der Waals surface area (Å²) in [7, 11) is 0. The zero-order valence-corrected chi connectivity index (χ0v) is 6.23. The van der Waals surface area contributed by atoms with Crippen molar-refractivity contribution in [3.63, 3.8) is 0 Å². The third kappa shape index (κ3) is 7.88. The average molecular weight is 134 g/mol. The summed E-state index contributed by atoms with van der Waals surface area (Å²) in [4.78, 5) is 0. The van der Waals surface area contributed by atoms with Gasteiger partial charge in [-0.25, -0.2) is 0 Å². The standard InChI is InChI=1S/C6H17N3/c7-3-1-5-9-6-2-4-8/h9H,1-8H2/p+3. The summed E-state index contributed by atoms with van der Waals surface area (Å²) in [6.07, 6.45) is 2.49. The molecule has 3 heteroatoms. The molecule has 9 heavy (non-hydrogen) atoms. The molecule has 0 saturated heterocycles. The lowest BCUT2D eigenvalue weighted by molar-refractivity contribution is -0.659. The first-order valence-corrected chi connectivity index (χ1v) is 3.82. The number of quaternary nitrogens is 3. The van der Waals surface area contributed by atoms with E-state index in [2.05, 4.69) is 16.8 Å². The van der Waals surface area contributed by atoms with Crippen LogP contribution in [-0.2, 0) is 0 Å². The summed E-state index contributed by atoms with van der Waals surface area (Å²) < 4.78 is 0. The normalized spacial score (nSPS) is 10.0. The molecule has 0 saturated carbocycles. The molecular weight excluding hydrogens is 114 g/mol. The van der Waals surface area contributed by atoms with Gasteiger partial charge in [-0.2, -0.15) is 0 Å². The Morgan fingerprint density at radius 2 is 1.33 bits per heavy atom. The lowest BCUT2D eigenvalue weighted by Gasteiger charge is -1.95. The SMILES string of the molecule is [NH3+]CCC[NH2+]CCC[NH3+]. The second-order valence-corrected chi connectivity index (χ2v) is 2.28. The van der Waals surface area contributed by atoms with E-state index < -0.39 is 0 Å². The number of rotatable bonds is 6. The molecule has 0 unspecified atom stereocenters. The van der Waals surface area contributed by atoms with Crippen molar-refractivity contribution < 1.29 is 16.8 Å². The van der Waals surface area contributed by atoms with E-state index in [9.17, 15) is 0 Å². The Bertz CT molecular complexity index is 41.6. The molecule has 0 aliphatic carbocycles. The minimum absolute atomic E-state index is 1.07. The summed E-state index contributed by atoms with van der Waals surface area (Å²) in [5, 5.41) is 2.34. The maximum Gasteiger partial charge on any atom is 0.0809 e. The molecule has 0 radical (unpaired) electrons. The second kappa shape index (κ2) is 7.88. The molecule has 0 heterocycles. The van der Waals surface area contributed by atoms with Crippen molar-refractivity contribution in [2.24, 2.45) is 0 Å². The minimum Gasteiger partial charge on any atom is -0.357 e. The topological polar surface area (TPSA) is 71.9 Å². The van der Waals surface area contributed by atoms with Crippen molar-refractivity contribution in [2.75, 3.05) is 26.2 Å². The summed E-state index contributed by atoms with van der Waals surface area (Å²) in [5.74, 6) is 0. The molecule has 0 amide bonds. The minimum atomic E-state index is 1.07. The van der Waals surface area contributed by atoms with Gasteiger partial charge >= 0.3 is 0 Å². The molecule has 8 N–H and O–H groups in total. The summed E-state index contributed by atoms with van der Waals surface area (Å²) >= 11 is 0. The molecule has 0 rings (SSSR count). The van der Waals surface area contributed by atoms with Crippen LogP contribution in [-0.4, -0.2) is 26.2 Å². The van der Waals surface area contributed by atoms with E-state index >= 15 is 0 Å². The van der Waals surface area contributed by atoms with Crippen LogP contribution >= 0.6 is 0 Å². The highest BCUT2D eigenvalue weighted by Gasteiger charge is 1.89. The Morgan fingerprint density at radius 3 is 1.67 bits per heavy atom. The van der Waals surface area contributed by atoms with Crippen LogP contribution in [0.15, 0.2) is 0 Å². The Morgan fingerprint density at radius 1 is 0.889 bits per heavy atom. The van der Waals surface area contributed by atoms with E-state index in [0.717, 1.165) is 13.1 Å². The molecule has 0 aliphatic rings. The number of hydrogen-bond donors (Lipinski definition) is 3. The first-order chi connectivity index (χ1) is 4.41. The van der Waals surface area contributed by atoms with E-state index in [-0.39, 0.29) is 0 Å². The third-order valence-electron chi connectivity index (χ3n) is 1.32. The Labute approximate surface area is 56.8 Å². The van der Waals surface area contributed by atoms with Crippen molar-refractivity contribution in [2.45, 2.75) is 12.8 Å². The summed E-state index contributed by atoms with van der Waals surface area (Å²) in [5.41, 5.74) is 7.54. The number of hydrogen-bond acceptors (Lipinski definition) is 0. The van der Waals surface area contributed by atoms with E-state index in [4.69, 9.17) is 0 Å². The molecule has 0 aromatic rings. The van der Waals surface area contributed by atoms with Gasteiger partial charge in [-0.1, -0.05) is 0 Å². The number of nitrogens with two attached hydrogens (primary N) is 1. The van der Waals surface area contributed by atoms with Gasteiger partial charge in [-0.15, -0.1) is 0 Å². The molecular formula is C6H20N3+3. The molecule has 3 nitrogen and oxygen atoms in total. The van der Waals surface area contributed by atoms with E-state index in [1.54, 1.807) is 0 Å². The summed E-state index contributed by atoms with van der Waals surface area (Å²) in [6.45, 7) is 4.62. The van der Waals surface area contributed by atoms with Crippen molar-refractivity contribution in [1.29, 1.82) is 0 Å². The molecule has 0 aromatic heterocycles. The van der Waals surface area contributed by atoms with Crippen LogP contribution in [0.25, 0.3) is 0 Å². The van der Waals surface area contributed by atoms with E-state index in [1.165, 1.54) is 25.9 Å². The van der Waals surface area contributed by atoms with Gasteiger partial charge in [0.1, 0.15) is 0 Å². The predicted octanol–water partition coefficient (Wildman–Crippen LogP) is -3.19. The van der Waals surface area contributed by atoms with Crippen LogP contribution in [0.1, 0.15) is 12.8 Å². The van der Waals surface area contributed by atoms with Crippen LogP contribution in [0.2, 0.25) is 0 Å². The van der Waals surface area contributed by atoms with Crippen LogP contribution < -0.4 is 16.8 Å². The van der Waals surface area contributed by atoms with E-state index in [0.29, 0.717) is 0 Å². The Balaban J connectivity index is 2.60. The smallest absolute Gasteiger partial charge is 0.0809 e. The molecule has 0 aromatic carbocycles. The van der Waals surface area contributed by atoms with Crippen LogP contribution in [0.4, 0.5) is 0 Å². The van der Waals surface area contributed by atoms with Crippen molar-refractivity contribution in [3.8, 4) is 0 Å². The lowest BCUT2D eigenvalue weighted by Crippen LogP contribution is -2.85. The lowest BCUT2D eigenvalue weighted by atomic mass is 10.4. The zero-order valence-electron chi connectivity index (χ0n) is 6.23. The largest absolute Gasteiger partial charge is 0.357 e. The molecule has 0 spiro atoms. The quantitative estimate of drug-likeness (QED) is 0.320. The van der Waals surface area contributed by atoms with Gasteiger partial charge in [0.25, 0.3) is 0 Å². The maximum absolute atomic E-state index is 3.77. The zero-order chi connectivity index (χ0) is 6.95. The molecule has 0 bridgehead atoms. The van der Waals surface area contributed by atoms with Crippen molar-refractivity contribution >= 4 is 0 Å². The maximum atomic E-state index is 3.77. The highest BCUT2D eigenvalue weighted by atomic mass is 14.8. The van der Waals surface area contributed by atoms with Gasteiger partial charge < -0.3 is 16.8 Å². The highest BCUT2D eigenvalue weighted by molar-refractivity contribution is 4.26. The second-order valence-electron chi connectivity index (χ2n) is 2.28. The van der Waals surface area contributed by atoms with Gasteiger partial charge in [0, 0.05) is 12.8 Å². The summed E-state index contributed by atoms with van der Waals surface area (Å²) in [6, 6.07) is 0. The van der Waals surface area contributed by atoms with Crippen LogP contribution in [0, 0.1) is 0 Å². The predicted molar refractivity (Wildman–Crippen MR) is 36.4 cm³/mol. The third-order valence-corrected chi connectivity index (χ3v) is 1.32. The molecule has 0 aliphatic heterocycles. The van der Waals surface area contributed by atoms with Gasteiger partial charge in [0.05, 0.1) is 26.2 Å². The van der Waals surface area contributed by atoms with Gasteiger partial charge in [0.15, 0.2) is 0 Å². The Kier molecular flexibility index (Phi) is 7.77. The van der Waals surface area contributed by atoms with Crippen LogP contribution in [0.3, 0.4) is 0 Å². The first-order valence-electron chi connectivity index (χ1n) is 3.82. The van der Waals surface area contributed by atoms with E-state index in [1.807, 2.05) is 0 Å². The van der Waals surface area contributed by atoms with Gasteiger partial charge in [-0.05, 0) is 0 Å². The molecule has 0 atom stereocenters. The first kappa shape index (κ1) is 8.88. The fraction of sp³-hybridized carbons (Fsp3) is 1.00.